The van der Waals surface area contributed by atoms with Gasteiger partial charge in [-0.25, -0.2) is 0 Å². The van der Waals surface area contributed by atoms with Gasteiger partial charge >= 0.3 is 0 Å². The molecule has 108 valence electrons. The predicted octanol–water partition coefficient (Wildman–Crippen LogP) is 4.68. The number of nitrogens with one attached hydrogen (secondary N) is 1. The Labute approximate surface area is 128 Å². The van der Waals surface area contributed by atoms with Crippen LogP contribution in [-0.4, -0.2) is 6.54 Å². The number of halogens is 1. The summed E-state index contributed by atoms with van der Waals surface area (Å²) < 4.78 is 12.2. The topological polar surface area (TPSA) is 34.4 Å². The molecule has 1 unspecified atom stereocenters. The van der Waals surface area contributed by atoms with E-state index in [-0.39, 0.29) is 6.04 Å². The van der Waals surface area contributed by atoms with Gasteiger partial charge in [0, 0.05) is 16.1 Å². The summed E-state index contributed by atoms with van der Waals surface area (Å²) in [5, 5.41) is 3.48. The van der Waals surface area contributed by atoms with Crippen molar-refractivity contribution < 1.29 is 9.15 Å². The van der Waals surface area contributed by atoms with Crippen molar-refractivity contribution in [3.8, 4) is 5.75 Å². The van der Waals surface area contributed by atoms with Crippen molar-refractivity contribution in [2.75, 3.05) is 6.54 Å². The van der Waals surface area contributed by atoms with E-state index in [0.29, 0.717) is 6.61 Å². The van der Waals surface area contributed by atoms with Crippen molar-refractivity contribution in [2.24, 2.45) is 0 Å². The lowest BCUT2D eigenvalue weighted by Gasteiger charge is -2.18. The molecule has 0 radical (unpaired) electrons. The van der Waals surface area contributed by atoms with E-state index in [1.165, 1.54) is 0 Å². The van der Waals surface area contributed by atoms with Crippen LogP contribution in [0.25, 0.3) is 0 Å². The minimum absolute atomic E-state index is 0.259. The predicted molar refractivity (Wildman–Crippen MR) is 83.9 cm³/mol. The molecule has 0 spiro atoms. The fourth-order valence-electron chi connectivity index (χ4n) is 2.01. The van der Waals surface area contributed by atoms with Crippen LogP contribution in [0.4, 0.5) is 0 Å². The molecular weight excluding hydrogens is 318 g/mol. The SMILES string of the molecule is CCCNC(C)c1ccc(Br)cc1OCc1ccco1. The van der Waals surface area contributed by atoms with Crippen LogP contribution < -0.4 is 10.1 Å². The Morgan fingerprint density at radius 1 is 1.35 bits per heavy atom. The Kier molecular flexibility index (Phi) is 5.68. The Hall–Kier alpha value is -1.26. The third kappa shape index (κ3) is 4.12. The van der Waals surface area contributed by atoms with Gasteiger partial charge in [0.25, 0.3) is 0 Å². The molecule has 0 bridgehead atoms. The highest BCUT2D eigenvalue weighted by Crippen LogP contribution is 2.29. The van der Waals surface area contributed by atoms with Crippen molar-refractivity contribution in [3.63, 3.8) is 0 Å². The molecule has 0 aliphatic rings. The number of ether oxygens (including phenoxy) is 1. The van der Waals surface area contributed by atoms with E-state index in [1.54, 1.807) is 6.26 Å². The summed E-state index contributed by atoms with van der Waals surface area (Å²) in [4.78, 5) is 0. The number of benzene rings is 1. The number of hydrogen-bond donors (Lipinski definition) is 1. The van der Waals surface area contributed by atoms with E-state index in [4.69, 9.17) is 9.15 Å². The molecule has 1 heterocycles. The molecule has 1 atom stereocenters. The highest BCUT2D eigenvalue weighted by molar-refractivity contribution is 9.10. The summed E-state index contributed by atoms with van der Waals surface area (Å²) in [5.41, 5.74) is 1.16. The lowest BCUT2D eigenvalue weighted by Crippen LogP contribution is -2.20. The lowest BCUT2D eigenvalue weighted by atomic mass is 10.1. The fraction of sp³-hybridized carbons (Fsp3) is 0.375. The van der Waals surface area contributed by atoms with Gasteiger partial charge < -0.3 is 14.5 Å². The summed E-state index contributed by atoms with van der Waals surface area (Å²) in [6, 6.07) is 10.2. The van der Waals surface area contributed by atoms with E-state index >= 15 is 0 Å². The molecule has 0 aliphatic carbocycles. The van der Waals surface area contributed by atoms with Crippen LogP contribution in [0.1, 0.15) is 37.6 Å². The Morgan fingerprint density at radius 3 is 2.90 bits per heavy atom. The second-order valence-electron chi connectivity index (χ2n) is 4.73. The average Bonchev–Trinajstić information content (AvgIpc) is 2.96. The number of furan rings is 1. The third-order valence-corrected chi connectivity index (χ3v) is 3.59. The van der Waals surface area contributed by atoms with Gasteiger partial charge in [-0.3, -0.25) is 0 Å². The summed E-state index contributed by atoms with van der Waals surface area (Å²) in [6.07, 6.45) is 2.77. The van der Waals surface area contributed by atoms with Gasteiger partial charge in [0.2, 0.25) is 0 Å². The van der Waals surface area contributed by atoms with Crippen LogP contribution in [0.5, 0.6) is 5.75 Å². The Balaban J connectivity index is 2.10. The summed E-state index contributed by atoms with van der Waals surface area (Å²) in [7, 11) is 0. The van der Waals surface area contributed by atoms with Crippen LogP contribution in [0.15, 0.2) is 45.5 Å². The van der Waals surface area contributed by atoms with Crippen LogP contribution in [-0.2, 0) is 6.61 Å². The first-order chi connectivity index (χ1) is 9.70. The van der Waals surface area contributed by atoms with Gasteiger partial charge in [0.1, 0.15) is 18.1 Å². The van der Waals surface area contributed by atoms with Crippen molar-refractivity contribution in [3.05, 3.63) is 52.4 Å². The van der Waals surface area contributed by atoms with Gasteiger partial charge in [-0.2, -0.15) is 0 Å². The Morgan fingerprint density at radius 2 is 2.20 bits per heavy atom. The maximum atomic E-state index is 5.90. The van der Waals surface area contributed by atoms with E-state index in [9.17, 15) is 0 Å². The van der Waals surface area contributed by atoms with E-state index in [0.717, 1.165) is 34.5 Å². The van der Waals surface area contributed by atoms with E-state index < -0.39 is 0 Å². The molecule has 2 rings (SSSR count). The largest absolute Gasteiger partial charge is 0.485 e. The first kappa shape index (κ1) is 15.1. The molecule has 0 fully saturated rings. The van der Waals surface area contributed by atoms with E-state index in [1.807, 2.05) is 24.3 Å². The van der Waals surface area contributed by atoms with Gasteiger partial charge in [-0.1, -0.05) is 28.9 Å². The monoisotopic (exact) mass is 337 g/mol. The molecule has 0 saturated carbocycles. The molecular formula is C16H20BrNO2. The Bertz CT molecular complexity index is 525. The zero-order chi connectivity index (χ0) is 14.4. The third-order valence-electron chi connectivity index (χ3n) is 3.09. The van der Waals surface area contributed by atoms with Crippen molar-refractivity contribution in [1.29, 1.82) is 0 Å². The van der Waals surface area contributed by atoms with Crippen LogP contribution in [0.3, 0.4) is 0 Å². The summed E-state index contributed by atoms with van der Waals surface area (Å²) in [6.45, 7) is 5.75. The fourth-order valence-corrected chi connectivity index (χ4v) is 2.35. The van der Waals surface area contributed by atoms with Gasteiger partial charge in [0.05, 0.1) is 6.26 Å². The molecule has 0 amide bonds. The highest BCUT2D eigenvalue weighted by atomic mass is 79.9. The number of rotatable bonds is 7. The van der Waals surface area contributed by atoms with E-state index in [2.05, 4.69) is 41.2 Å². The maximum Gasteiger partial charge on any atom is 0.146 e. The molecule has 1 aromatic heterocycles. The second kappa shape index (κ2) is 7.50. The first-order valence-electron chi connectivity index (χ1n) is 6.88. The minimum atomic E-state index is 0.259. The molecule has 20 heavy (non-hydrogen) atoms. The zero-order valence-electron chi connectivity index (χ0n) is 11.9. The second-order valence-corrected chi connectivity index (χ2v) is 5.64. The van der Waals surface area contributed by atoms with Crippen LogP contribution >= 0.6 is 15.9 Å². The van der Waals surface area contributed by atoms with Crippen LogP contribution in [0.2, 0.25) is 0 Å². The molecule has 2 aromatic rings. The van der Waals surface area contributed by atoms with Crippen molar-refractivity contribution in [2.45, 2.75) is 32.9 Å². The average molecular weight is 338 g/mol. The van der Waals surface area contributed by atoms with Gasteiger partial charge in [-0.15, -0.1) is 0 Å². The summed E-state index contributed by atoms with van der Waals surface area (Å²) >= 11 is 3.49. The maximum absolute atomic E-state index is 5.90. The lowest BCUT2D eigenvalue weighted by molar-refractivity contribution is 0.265. The molecule has 1 N–H and O–H groups in total. The molecule has 4 heteroatoms. The van der Waals surface area contributed by atoms with Crippen LogP contribution in [0, 0.1) is 0 Å². The van der Waals surface area contributed by atoms with Gasteiger partial charge in [0.15, 0.2) is 0 Å². The molecule has 1 aromatic carbocycles. The quantitative estimate of drug-likeness (QED) is 0.796. The smallest absolute Gasteiger partial charge is 0.146 e. The zero-order valence-corrected chi connectivity index (χ0v) is 13.4. The molecule has 0 aliphatic heterocycles. The standard InChI is InChI=1S/C16H20BrNO2/c1-3-8-18-12(2)15-7-6-13(17)10-16(15)20-11-14-5-4-9-19-14/h4-7,9-10,12,18H,3,8,11H2,1-2H3. The van der Waals surface area contributed by atoms with Crippen molar-refractivity contribution in [1.82, 2.24) is 5.32 Å². The summed E-state index contributed by atoms with van der Waals surface area (Å²) in [5.74, 6) is 1.71. The normalized spacial score (nSPS) is 12.3. The minimum Gasteiger partial charge on any atom is -0.485 e. The van der Waals surface area contributed by atoms with Crippen molar-refractivity contribution >= 4 is 15.9 Å². The number of hydrogen-bond acceptors (Lipinski definition) is 3. The first-order valence-corrected chi connectivity index (χ1v) is 7.68. The van der Waals surface area contributed by atoms with Gasteiger partial charge in [-0.05, 0) is 44.2 Å². The highest BCUT2D eigenvalue weighted by Gasteiger charge is 2.12. The molecule has 3 nitrogen and oxygen atoms in total. The molecule has 0 saturated heterocycles.